The van der Waals surface area contributed by atoms with Gasteiger partial charge in [0.05, 0.1) is 24.0 Å². The Balaban J connectivity index is 0.000000408. The molecule has 7 heteroatoms. The number of carbonyl (C=O) groups is 1. The Morgan fingerprint density at radius 3 is 2.95 bits per heavy atom. The Hall–Kier alpha value is -2.41. The summed E-state index contributed by atoms with van der Waals surface area (Å²) < 4.78 is 7.36. The van der Waals surface area contributed by atoms with Gasteiger partial charge in [0, 0.05) is 17.8 Å². The molecule has 0 amide bonds. The SMILES string of the molecule is O=CO.c1coc(-c2nccn2Cc2cscn2)c1. The molecule has 0 aliphatic carbocycles. The standard InChI is InChI=1S/C11H9N3OS.CH2O2/c1-2-10(15-5-1)11-12-3-4-14(11)6-9-7-16-8-13-9;2-1-3/h1-5,7-8H,6H2;1H,(H,2,3). The van der Waals surface area contributed by atoms with Crippen molar-refractivity contribution in [2.24, 2.45) is 0 Å². The van der Waals surface area contributed by atoms with E-state index in [0.717, 1.165) is 23.8 Å². The van der Waals surface area contributed by atoms with E-state index in [-0.39, 0.29) is 6.47 Å². The number of furan rings is 1. The second-order valence-electron chi connectivity index (χ2n) is 3.44. The van der Waals surface area contributed by atoms with Gasteiger partial charge in [0.2, 0.25) is 0 Å². The van der Waals surface area contributed by atoms with Crippen molar-refractivity contribution in [3.05, 3.63) is 47.4 Å². The lowest BCUT2D eigenvalue weighted by Crippen LogP contribution is -2.00. The van der Waals surface area contributed by atoms with Crippen molar-refractivity contribution in [3.63, 3.8) is 0 Å². The van der Waals surface area contributed by atoms with E-state index in [9.17, 15) is 0 Å². The number of aromatic nitrogens is 3. The molecule has 3 rings (SSSR count). The van der Waals surface area contributed by atoms with Crippen LogP contribution in [0, 0.1) is 0 Å². The van der Waals surface area contributed by atoms with Crippen LogP contribution in [0.4, 0.5) is 0 Å². The van der Waals surface area contributed by atoms with Crippen LogP contribution in [-0.4, -0.2) is 26.1 Å². The molecule has 19 heavy (non-hydrogen) atoms. The highest BCUT2D eigenvalue weighted by molar-refractivity contribution is 7.07. The third-order valence-electron chi connectivity index (χ3n) is 2.27. The van der Waals surface area contributed by atoms with E-state index in [0.29, 0.717) is 0 Å². The summed E-state index contributed by atoms with van der Waals surface area (Å²) in [5.41, 5.74) is 2.87. The minimum atomic E-state index is -0.250. The Labute approximate surface area is 113 Å². The van der Waals surface area contributed by atoms with Crippen LogP contribution < -0.4 is 0 Å². The van der Waals surface area contributed by atoms with Crippen molar-refractivity contribution < 1.29 is 14.3 Å². The van der Waals surface area contributed by atoms with Crippen LogP contribution >= 0.6 is 11.3 Å². The normalized spacial score (nSPS) is 9.68. The van der Waals surface area contributed by atoms with Crippen LogP contribution in [0.1, 0.15) is 5.69 Å². The molecule has 0 radical (unpaired) electrons. The highest BCUT2D eigenvalue weighted by Crippen LogP contribution is 2.18. The Bertz CT molecular complexity index is 602. The van der Waals surface area contributed by atoms with Gasteiger partial charge in [0.1, 0.15) is 0 Å². The average molecular weight is 277 g/mol. The summed E-state index contributed by atoms with van der Waals surface area (Å²) in [6, 6.07) is 3.76. The lowest BCUT2D eigenvalue weighted by atomic mass is 10.4. The van der Waals surface area contributed by atoms with Gasteiger partial charge in [-0.1, -0.05) is 0 Å². The zero-order valence-electron chi connectivity index (χ0n) is 9.84. The van der Waals surface area contributed by atoms with Crippen LogP contribution in [0.5, 0.6) is 0 Å². The number of rotatable bonds is 3. The summed E-state index contributed by atoms with van der Waals surface area (Å²) in [6.07, 6.45) is 5.35. The van der Waals surface area contributed by atoms with Crippen molar-refractivity contribution in [2.75, 3.05) is 0 Å². The molecule has 98 valence electrons. The molecular formula is C12H11N3O3S. The van der Waals surface area contributed by atoms with Gasteiger partial charge in [-0.25, -0.2) is 9.97 Å². The van der Waals surface area contributed by atoms with E-state index in [1.165, 1.54) is 0 Å². The van der Waals surface area contributed by atoms with Gasteiger partial charge in [-0.3, -0.25) is 4.79 Å². The molecule has 0 aromatic carbocycles. The lowest BCUT2D eigenvalue weighted by Gasteiger charge is -2.03. The predicted octanol–water partition coefficient (Wildman–Crippen LogP) is 2.35. The molecule has 0 fully saturated rings. The van der Waals surface area contributed by atoms with Gasteiger partial charge in [-0.15, -0.1) is 11.3 Å². The molecule has 0 aliphatic heterocycles. The minimum absolute atomic E-state index is 0.250. The molecule has 3 aromatic rings. The maximum absolute atomic E-state index is 8.36. The van der Waals surface area contributed by atoms with E-state index in [1.54, 1.807) is 23.8 Å². The summed E-state index contributed by atoms with van der Waals surface area (Å²) in [5, 5.41) is 8.92. The first kappa shape index (κ1) is 13.0. The van der Waals surface area contributed by atoms with Crippen molar-refractivity contribution >= 4 is 17.8 Å². The quantitative estimate of drug-likeness (QED) is 0.743. The largest absolute Gasteiger partial charge is 0.483 e. The molecule has 0 aliphatic rings. The topological polar surface area (TPSA) is 81.1 Å². The van der Waals surface area contributed by atoms with E-state index >= 15 is 0 Å². The van der Waals surface area contributed by atoms with E-state index in [2.05, 4.69) is 9.97 Å². The van der Waals surface area contributed by atoms with Gasteiger partial charge >= 0.3 is 0 Å². The van der Waals surface area contributed by atoms with Crippen LogP contribution in [0.25, 0.3) is 11.6 Å². The maximum atomic E-state index is 8.36. The van der Waals surface area contributed by atoms with Gasteiger partial charge in [-0.2, -0.15) is 0 Å². The zero-order chi connectivity index (χ0) is 13.5. The molecule has 1 N–H and O–H groups in total. The van der Waals surface area contributed by atoms with Crippen LogP contribution in [0.2, 0.25) is 0 Å². The Morgan fingerprint density at radius 2 is 2.32 bits per heavy atom. The summed E-state index contributed by atoms with van der Waals surface area (Å²) in [6.45, 7) is 0.472. The van der Waals surface area contributed by atoms with E-state index in [4.69, 9.17) is 14.3 Å². The second kappa shape index (κ2) is 6.50. The first-order valence-corrected chi connectivity index (χ1v) is 6.29. The summed E-state index contributed by atoms with van der Waals surface area (Å²) in [4.78, 5) is 16.9. The number of hydrogen-bond acceptors (Lipinski definition) is 5. The molecule has 3 heterocycles. The zero-order valence-corrected chi connectivity index (χ0v) is 10.7. The van der Waals surface area contributed by atoms with Crippen molar-refractivity contribution in [2.45, 2.75) is 6.54 Å². The van der Waals surface area contributed by atoms with Crippen molar-refractivity contribution in [1.82, 2.24) is 14.5 Å². The maximum Gasteiger partial charge on any atom is 0.290 e. The first-order valence-electron chi connectivity index (χ1n) is 5.35. The minimum Gasteiger partial charge on any atom is -0.483 e. The summed E-state index contributed by atoms with van der Waals surface area (Å²) in [7, 11) is 0. The summed E-state index contributed by atoms with van der Waals surface area (Å²) in [5.74, 6) is 1.61. The molecule has 0 saturated carbocycles. The smallest absolute Gasteiger partial charge is 0.290 e. The number of carboxylic acid groups (broad SMARTS) is 1. The molecule has 0 unspecified atom stereocenters. The van der Waals surface area contributed by atoms with Gasteiger partial charge in [0.15, 0.2) is 11.6 Å². The fourth-order valence-electron chi connectivity index (χ4n) is 1.56. The lowest BCUT2D eigenvalue weighted by molar-refractivity contribution is -0.122. The molecule has 0 saturated heterocycles. The second-order valence-corrected chi connectivity index (χ2v) is 4.16. The van der Waals surface area contributed by atoms with Gasteiger partial charge < -0.3 is 14.1 Å². The van der Waals surface area contributed by atoms with Crippen molar-refractivity contribution in [3.8, 4) is 11.6 Å². The van der Waals surface area contributed by atoms with Gasteiger partial charge in [-0.05, 0) is 12.1 Å². The molecule has 0 spiro atoms. The highest BCUT2D eigenvalue weighted by Gasteiger charge is 2.09. The van der Waals surface area contributed by atoms with Crippen LogP contribution in [0.3, 0.4) is 0 Å². The molecule has 0 bridgehead atoms. The number of thiazole rings is 1. The molecule has 6 nitrogen and oxygen atoms in total. The van der Waals surface area contributed by atoms with Gasteiger partial charge in [0.25, 0.3) is 6.47 Å². The summed E-state index contributed by atoms with van der Waals surface area (Å²) >= 11 is 1.60. The molecule has 3 aromatic heterocycles. The third kappa shape index (κ3) is 3.29. The Morgan fingerprint density at radius 1 is 1.47 bits per heavy atom. The molecular weight excluding hydrogens is 266 g/mol. The average Bonchev–Trinajstić information content (AvgIpc) is 3.11. The van der Waals surface area contributed by atoms with E-state index < -0.39 is 0 Å². The van der Waals surface area contributed by atoms with Crippen molar-refractivity contribution in [1.29, 1.82) is 0 Å². The first-order chi connectivity index (χ1) is 9.35. The van der Waals surface area contributed by atoms with Crippen LogP contribution in [-0.2, 0) is 11.3 Å². The van der Waals surface area contributed by atoms with Crippen LogP contribution in [0.15, 0.2) is 46.1 Å². The number of imidazole rings is 1. The highest BCUT2D eigenvalue weighted by atomic mass is 32.1. The number of hydrogen-bond donors (Lipinski definition) is 1. The predicted molar refractivity (Wildman–Crippen MR) is 69.8 cm³/mol. The third-order valence-corrected chi connectivity index (χ3v) is 2.91. The Kier molecular flexibility index (Phi) is 4.46. The van der Waals surface area contributed by atoms with E-state index in [1.807, 2.05) is 33.8 Å². The monoisotopic (exact) mass is 277 g/mol. The number of nitrogens with zero attached hydrogens (tertiary/aromatic N) is 3. The molecule has 0 atom stereocenters. The fourth-order valence-corrected chi connectivity index (χ4v) is 2.11. The fraction of sp³-hybridized carbons (Fsp3) is 0.0833.